The molecule has 1 N–H and O–H groups in total. The van der Waals surface area contributed by atoms with Crippen LogP contribution in [0.1, 0.15) is 35.3 Å². The van der Waals surface area contributed by atoms with Gasteiger partial charge >= 0.3 is 5.97 Å². The Morgan fingerprint density at radius 2 is 1.47 bits per heavy atom. The smallest absolute Gasteiger partial charge is 0.338 e. The molecule has 0 unspecified atom stereocenters. The molecule has 0 aliphatic heterocycles. The molecule has 4 aromatic rings. The highest BCUT2D eigenvalue weighted by molar-refractivity contribution is 7.92. The highest BCUT2D eigenvalue weighted by Gasteiger charge is 2.27. The van der Waals surface area contributed by atoms with Crippen LogP contribution in [0.15, 0.2) is 107 Å². The lowest BCUT2D eigenvalue weighted by molar-refractivity contribution is -0.119. The van der Waals surface area contributed by atoms with Gasteiger partial charge in [-0.3, -0.25) is 9.10 Å². The first-order valence-corrected chi connectivity index (χ1v) is 17.7. The Kier molecular flexibility index (Phi) is 11.4. The number of methoxy groups -OCH3 is 1. The third-order valence-electron chi connectivity index (χ3n) is 7.32. The number of sulfonamides is 2. The number of nitrogens with zero attached hydrogens (tertiary/aromatic N) is 2. The summed E-state index contributed by atoms with van der Waals surface area (Å²) in [4.78, 5) is 25.5. The van der Waals surface area contributed by atoms with Crippen LogP contribution in [0.5, 0.6) is 5.75 Å². The molecule has 0 aromatic heterocycles. The number of esters is 1. The van der Waals surface area contributed by atoms with Crippen LogP contribution in [0.3, 0.4) is 0 Å². The zero-order chi connectivity index (χ0) is 34.2. The molecule has 0 saturated heterocycles. The fraction of sp³-hybridized carbons (Fsp3) is 0.235. The Morgan fingerprint density at radius 1 is 0.787 bits per heavy atom. The Labute approximate surface area is 275 Å². The molecule has 4 aromatic carbocycles. The van der Waals surface area contributed by atoms with Gasteiger partial charge in [0, 0.05) is 18.8 Å². The van der Waals surface area contributed by atoms with Gasteiger partial charge in [-0.1, -0.05) is 56.3 Å². The van der Waals surface area contributed by atoms with Crippen molar-refractivity contribution in [3.05, 3.63) is 114 Å². The molecule has 0 heterocycles. The molecule has 0 aliphatic carbocycles. The van der Waals surface area contributed by atoms with Crippen molar-refractivity contribution < 1.29 is 35.9 Å². The maximum atomic E-state index is 14.0. The second-order valence-electron chi connectivity index (χ2n) is 10.4. The lowest BCUT2D eigenvalue weighted by Crippen LogP contribution is -2.31. The van der Waals surface area contributed by atoms with Gasteiger partial charge in [0.25, 0.3) is 15.9 Å². The van der Waals surface area contributed by atoms with Gasteiger partial charge in [0.05, 0.1) is 34.7 Å². The molecule has 0 atom stereocenters. The topological polar surface area (TPSA) is 139 Å². The van der Waals surface area contributed by atoms with Gasteiger partial charge in [0.15, 0.2) is 6.61 Å². The molecule has 0 spiro atoms. The molecule has 4 rings (SSSR count). The number of carbonyl (C=O) groups excluding carboxylic acids is 2. The van der Waals surface area contributed by atoms with E-state index < -0.39 is 38.5 Å². The number of rotatable bonds is 14. The summed E-state index contributed by atoms with van der Waals surface area (Å²) in [5.74, 6) is -1.05. The first kappa shape index (κ1) is 35.1. The number of aryl methyl sites for hydroxylation is 1. The minimum absolute atomic E-state index is 0.0291. The molecule has 248 valence electrons. The van der Waals surface area contributed by atoms with E-state index in [4.69, 9.17) is 9.47 Å². The van der Waals surface area contributed by atoms with Crippen LogP contribution in [-0.2, 0) is 36.1 Å². The molecular weight excluding hydrogens is 643 g/mol. The number of hydrogen-bond donors (Lipinski definition) is 1. The monoisotopic (exact) mass is 679 g/mol. The summed E-state index contributed by atoms with van der Waals surface area (Å²) in [5, 5.41) is 2.55. The van der Waals surface area contributed by atoms with Crippen LogP contribution in [0.25, 0.3) is 0 Å². The van der Waals surface area contributed by atoms with Gasteiger partial charge in [-0.05, 0) is 72.6 Å². The van der Waals surface area contributed by atoms with Crippen molar-refractivity contribution in [3.8, 4) is 5.75 Å². The number of anilines is 2. The number of amides is 1. The minimum Gasteiger partial charge on any atom is -0.497 e. The fourth-order valence-electron chi connectivity index (χ4n) is 4.79. The average Bonchev–Trinajstić information content (AvgIpc) is 3.08. The third kappa shape index (κ3) is 8.36. The Morgan fingerprint density at radius 3 is 2.11 bits per heavy atom. The summed E-state index contributed by atoms with van der Waals surface area (Å²) < 4.78 is 67.0. The SMILES string of the molecule is CCN(CC)S(=O)(=O)c1cc(NC(=O)COC(=O)c2cccc(S(=O)(=O)N(Cc3ccccc3)c3ccc(OC)cc3)c2)ccc1C. The lowest BCUT2D eigenvalue weighted by Gasteiger charge is -2.25. The van der Waals surface area contributed by atoms with Gasteiger partial charge in [0.1, 0.15) is 5.75 Å². The second-order valence-corrected chi connectivity index (χ2v) is 14.2. The van der Waals surface area contributed by atoms with E-state index in [1.165, 1.54) is 46.1 Å². The summed E-state index contributed by atoms with van der Waals surface area (Å²) in [7, 11) is -6.44. The van der Waals surface area contributed by atoms with Gasteiger partial charge < -0.3 is 14.8 Å². The Bertz CT molecular complexity index is 1930. The second kappa shape index (κ2) is 15.2. The van der Waals surface area contributed by atoms with Crippen LogP contribution < -0.4 is 14.4 Å². The van der Waals surface area contributed by atoms with Crippen molar-refractivity contribution in [2.24, 2.45) is 0 Å². The van der Waals surface area contributed by atoms with Gasteiger partial charge in [-0.15, -0.1) is 0 Å². The van der Waals surface area contributed by atoms with Crippen molar-refractivity contribution in [3.63, 3.8) is 0 Å². The molecule has 0 fully saturated rings. The van der Waals surface area contributed by atoms with Crippen molar-refractivity contribution in [1.82, 2.24) is 4.31 Å². The van der Waals surface area contributed by atoms with E-state index in [2.05, 4.69) is 5.32 Å². The van der Waals surface area contributed by atoms with E-state index in [-0.39, 0.29) is 27.6 Å². The number of ether oxygens (including phenoxy) is 2. The molecular formula is C34H37N3O8S2. The molecule has 1 amide bonds. The van der Waals surface area contributed by atoms with Crippen LogP contribution in [0.2, 0.25) is 0 Å². The summed E-state index contributed by atoms with van der Waals surface area (Å²) in [6.45, 7) is 5.07. The molecule has 13 heteroatoms. The number of hydrogen-bond acceptors (Lipinski definition) is 8. The van der Waals surface area contributed by atoms with E-state index in [1.807, 2.05) is 30.3 Å². The predicted molar refractivity (Wildman–Crippen MR) is 179 cm³/mol. The summed E-state index contributed by atoms with van der Waals surface area (Å²) in [5.41, 5.74) is 1.80. The van der Waals surface area contributed by atoms with Crippen molar-refractivity contribution in [2.45, 2.75) is 37.1 Å². The highest BCUT2D eigenvalue weighted by Crippen LogP contribution is 2.29. The average molecular weight is 680 g/mol. The van der Waals surface area contributed by atoms with Crippen molar-refractivity contribution in [2.75, 3.05) is 36.4 Å². The van der Waals surface area contributed by atoms with Gasteiger partial charge in [0.2, 0.25) is 10.0 Å². The summed E-state index contributed by atoms with van der Waals surface area (Å²) >= 11 is 0. The minimum atomic E-state index is -4.18. The fourth-order valence-corrected chi connectivity index (χ4v) is 8.00. The van der Waals surface area contributed by atoms with Crippen molar-refractivity contribution >= 4 is 43.3 Å². The molecule has 0 saturated carbocycles. The first-order chi connectivity index (χ1) is 22.4. The van der Waals surface area contributed by atoms with E-state index in [0.29, 0.717) is 30.1 Å². The van der Waals surface area contributed by atoms with Gasteiger partial charge in [-0.25, -0.2) is 21.6 Å². The largest absolute Gasteiger partial charge is 0.497 e. The van der Waals surface area contributed by atoms with Crippen LogP contribution >= 0.6 is 0 Å². The molecule has 0 aliphatic rings. The van der Waals surface area contributed by atoms with Gasteiger partial charge in [-0.2, -0.15) is 4.31 Å². The lowest BCUT2D eigenvalue weighted by atomic mass is 10.2. The zero-order valence-corrected chi connectivity index (χ0v) is 28.2. The third-order valence-corrected chi connectivity index (χ3v) is 11.3. The molecule has 11 nitrogen and oxygen atoms in total. The number of carbonyl (C=O) groups is 2. The number of benzene rings is 4. The molecule has 0 bridgehead atoms. The van der Waals surface area contributed by atoms with Crippen LogP contribution in [-0.4, -0.2) is 59.8 Å². The van der Waals surface area contributed by atoms with E-state index in [0.717, 1.165) is 5.56 Å². The maximum absolute atomic E-state index is 14.0. The normalized spacial score (nSPS) is 11.6. The standard InChI is InChI=1S/C34H37N3O8S2/c1-5-36(6-2)47(42,43)32-22-28(16-15-25(32)3)35-33(38)24-45-34(39)27-13-10-14-31(21-27)46(40,41)37(23-26-11-8-7-9-12-26)29-17-19-30(44-4)20-18-29/h7-22H,5-6,23-24H2,1-4H3,(H,35,38). The quantitative estimate of drug-likeness (QED) is 0.179. The zero-order valence-electron chi connectivity index (χ0n) is 26.5. The Hall–Kier alpha value is -4.72. The maximum Gasteiger partial charge on any atom is 0.338 e. The molecule has 0 radical (unpaired) electrons. The van der Waals surface area contributed by atoms with Crippen molar-refractivity contribution in [1.29, 1.82) is 0 Å². The number of nitrogens with one attached hydrogen (secondary N) is 1. The molecule has 47 heavy (non-hydrogen) atoms. The highest BCUT2D eigenvalue weighted by atomic mass is 32.2. The summed E-state index contributed by atoms with van der Waals surface area (Å²) in [6.07, 6.45) is 0. The van der Waals surface area contributed by atoms with E-state index in [9.17, 15) is 26.4 Å². The van der Waals surface area contributed by atoms with E-state index in [1.54, 1.807) is 57.2 Å². The van der Waals surface area contributed by atoms with Crippen LogP contribution in [0, 0.1) is 6.92 Å². The van der Waals surface area contributed by atoms with E-state index >= 15 is 0 Å². The van der Waals surface area contributed by atoms with Crippen LogP contribution in [0.4, 0.5) is 11.4 Å². The Balaban J connectivity index is 1.50. The predicted octanol–water partition coefficient (Wildman–Crippen LogP) is 5.23. The summed E-state index contributed by atoms with van der Waals surface area (Å²) in [6, 6.07) is 25.5. The first-order valence-electron chi connectivity index (χ1n) is 14.8.